The second kappa shape index (κ2) is 12.5. The van der Waals surface area contributed by atoms with Crippen LogP contribution in [0.3, 0.4) is 0 Å². The van der Waals surface area contributed by atoms with Crippen molar-refractivity contribution in [2.45, 2.75) is 28.9 Å². The van der Waals surface area contributed by atoms with Crippen LogP contribution in [-0.2, 0) is 25.8 Å². The molecule has 2 heterocycles. The van der Waals surface area contributed by atoms with E-state index in [1.807, 2.05) is 41.3 Å². The molecule has 0 aliphatic carbocycles. The van der Waals surface area contributed by atoms with Crippen LogP contribution < -0.4 is 10.2 Å². The highest BCUT2D eigenvalue weighted by atomic mass is 32.2. The third kappa shape index (κ3) is 6.05. The number of likely N-dealkylation sites (tertiary alicyclic amines) is 1. The average molecular weight is 540 g/mol. The Bertz CT molecular complexity index is 1310. The van der Waals surface area contributed by atoms with E-state index in [1.54, 1.807) is 30.9 Å². The number of piperidine rings is 1. The zero-order valence-electron chi connectivity index (χ0n) is 21.4. The molecule has 1 aliphatic heterocycles. The van der Waals surface area contributed by atoms with Crippen LogP contribution in [0.5, 0.6) is 5.75 Å². The standard InChI is InChI=1S/C28H33N3O6S/c1-36-20-18-31-16-13-28(14-17-31,27(32)30-33)38(34,35)25-10-8-24(9-11-25)37-19-12-22-5-4-6-23(21-22)26-7-2-3-15-29-26/h2-11,15,21,33H,12-14,16-20H2,1H3,(H,30,32). The van der Waals surface area contributed by atoms with Crippen LogP contribution in [-0.4, -0.2) is 74.1 Å². The van der Waals surface area contributed by atoms with Gasteiger partial charge in [-0.3, -0.25) is 15.0 Å². The van der Waals surface area contributed by atoms with Gasteiger partial charge in [0.05, 0.1) is 23.8 Å². The molecule has 1 amide bonds. The van der Waals surface area contributed by atoms with Gasteiger partial charge in [-0.25, -0.2) is 13.9 Å². The number of carbonyl (C=O) groups is 1. The number of amides is 1. The summed E-state index contributed by atoms with van der Waals surface area (Å²) >= 11 is 0. The van der Waals surface area contributed by atoms with Gasteiger partial charge in [-0.05, 0) is 60.9 Å². The van der Waals surface area contributed by atoms with E-state index in [0.29, 0.717) is 45.0 Å². The predicted octanol–water partition coefficient (Wildman–Crippen LogP) is 3.13. The molecule has 38 heavy (non-hydrogen) atoms. The van der Waals surface area contributed by atoms with Crippen LogP contribution in [0.25, 0.3) is 11.3 Å². The largest absolute Gasteiger partial charge is 0.493 e. The lowest BCUT2D eigenvalue weighted by Gasteiger charge is -2.39. The van der Waals surface area contributed by atoms with Gasteiger partial charge in [-0.1, -0.05) is 24.3 Å². The van der Waals surface area contributed by atoms with Gasteiger partial charge in [-0.15, -0.1) is 0 Å². The predicted molar refractivity (Wildman–Crippen MR) is 143 cm³/mol. The molecule has 0 saturated carbocycles. The minimum Gasteiger partial charge on any atom is -0.493 e. The molecule has 3 aromatic rings. The normalized spacial score (nSPS) is 15.6. The van der Waals surface area contributed by atoms with Crippen molar-refractivity contribution >= 4 is 15.7 Å². The lowest BCUT2D eigenvalue weighted by atomic mass is 9.95. The molecule has 1 aliphatic rings. The number of methoxy groups -OCH3 is 1. The van der Waals surface area contributed by atoms with Crippen molar-refractivity contribution in [3.63, 3.8) is 0 Å². The summed E-state index contributed by atoms with van der Waals surface area (Å²) in [6.45, 7) is 2.37. The minimum atomic E-state index is -4.08. The fourth-order valence-corrected chi connectivity index (χ4v) is 6.68. The fourth-order valence-electron chi connectivity index (χ4n) is 4.72. The zero-order valence-corrected chi connectivity index (χ0v) is 22.2. The second-order valence-corrected chi connectivity index (χ2v) is 11.5. The third-order valence-corrected chi connectivity index (χ3v) is 9.50. The summed E-state index contributed by atoms with van der Waals surface area (Å²) in [5.74, 6) is -0.378. The van der Waals surface area contributed by atoms with Crippen LogP contribution in [0.1, 0.15) is 18.4 Å². The van der Waals surface area contributed by atoms with E-state index in [1.165, 1.54) is 12.1 Å². The first-order chi connectivity index (χ1) is 18.4. The monoisotopic (exact) mass is 539 g/mol. The molecule has 1 saturated heterocycles. The Morgan fingerprint density at radius 3 is 2.47 bits per heavy atom. The third-order valence-electron chi connectivity index (χ3n) is 6.99. The van der Waals surface area contributed by atoms with Gasteiger partial charge in [0, 0.05) is 44.9 Å². The highest BCUT2D eigenvalue weighted by Gasteiger charge is 2.52. The number of aromatic nitrogens is 1. The first-order valence-corrected chi connectivity index (χ1v) is 14.0. The van der Waals surface area contributed by atoms with Crippen molar-refractivity contribution in [2.24, 2.45) is 0 Å². The maximum atomic E-state index is 13.6. The highest BCUT2D eigenvalue weighted by Crippen LogP contribution is 2.36. The molecule has 0 spiro atoms. The molecule has 2 aromatic carbocycles. The van der Waals surface area contributed by atoms with Crippen molar-refractivity contribution in [1.82, 2.24) is 15.4 Å². The molecular weight excluding hydrogens is 506 g/mol. The topological polar surface area (TPSA) is 118 Å². The van der Waals surface area contributed by atoms with Gasteiger partial charge in [0.15, 0.2) is 14.6 Å². The molecule has 0 atom stereocenters. The Kier molecular flexibility index (Phi) is 9.11. The number of nitrogens with one attached hydrogen (secondary N) is 1. The summed E-state index contributed by atoms with van der Waals surface area (Å²) in [5.41, 5.74) is 4.62. The van der Waals surface area contributed by atoms with E-state index < -0.39 is 20.5 Å². The quantitative estimate of drug-likeness (QED) is 0.282. The number of nitrogens with zero attached hydrogens (tertiary/aromatic N) is 2. The van der Waals surface area contributed by atoms with Crippen molar-refractivity contribution in [1.29, 1.82) is 0 Å². The second-order valence-electron chi connectivity index (χ2n) is 9.26. The Labute approximate surface area is 223 Å². The molecule has 1 fully saturated rings. The van der Waals surface area contributed by atoms with E-state index in [9.17, 15) is 18.4 Å². The van der Waals surface area contributed by atoms with E-state index >= 15 is 0 Å². The van der Waals surface area contributed by atoms with Crippen LogP contribution in [0, 0.1) is 0 Å². The lowest BCUT2D eigenvalue weighted by Crippen LogP contribution is -2.57. The molecule has 4 rings (SSSR count). The SMILES string of the molecule is COCCN1CCC(C(=O)NO)(S(=O)(=O)c2ccc(OCCc3cccc(-c4ccccn4)c3)cc2)CC1. The number of carbonyl (C=O) groups excluding carboxylic acids is 1. The number of rotatable bonds is 11. The van der Waals surface area contributed by atoms with Gasteiger partial charge in [0.1, 0.15) is 5.75 Å². The summed E-state index contributed by atoms with van der Waals surface area (Å²) in [6.07, 6.45) is 2.57. The first-order valence-electron chi connectivity index (χ1n) is 12.5. The number of hydrogen-bond acceptors (Lipinski definition) is 8. The van der Waals surface area contributed by atoms with Crippen molar-refractivity contribution in [3.8, 4) is 17.0 Å². The number of benzene rings is 2. The van der Waals surface area contributed by atoms with Gasteiger partial charge in [-0.2, -0.15) is 0 Å². The number of hydrogen-bond donors (Lipinski definition) is 2. The summed E-state index contributed by atoms with van der Waals surface area (Å²) < 4.78 is 36.5. The summed E-state index contributed by atoms with van der Waals surface area (Å²) in [6, 6.07) is 20.0. The molecule has 10 heteroatoms. The first kappa shape index (κ1) is 27.7. The van der Waals surface area contributed by atoms with Crippen LogP contribution in [0.15, 0.2) is 77.8 Å². The fraction of sp³-hybridized carbons (Fsp3) is 0.357. The molecule has 0 bridgehead atoms. The van der Waals surface area contributed by atoms with Gasteiger partial charge in [0.25, 0.3) is 5.91 Å². The molecular formula is C28H33N3O6S. The van der Waals surface area contributed by atoms with E-state index in [0.717, 1.165) is 16.8 Å². The van der Waals surface area contributed by atoms with Crippen LogP contribution in [0.4, 0.5) is 0 Å². The molecule has 202 valence electrons. The van der Waals surface area contributed by atoms with Crippen LogP contribution in [0.2, 0.25) is 0 Å². The minimum absolute atomic E-state index is 0.0156. The van der Waals surface area contributed by atoms with Crippen molar-refractivity contribution < 1.29 is 27.9 Å². The van der Waals surface area contributed by atoms with Crippen molar-refractivity contribution in [3.05, 3.63) is 78.5 Å². The molecule has 0 radical (unpaired) electrons. The smallest absolute Gasteiger partial charge is 0.265 e. The maximum absolute atomic E-state index is 13.6. The number of sulfone groups is 1. The number of pyridine rings is 1. The number of ether oxygens (including phenoxy) is 2. The summed E-state index contributed by atoms with van der Waals surface area (Å²) in [4.78, 5) is 19.1. The van der Waals surface area contributed by atoms with Gasteiger partial charge < -0.3 is 14.4 Å². The molecule has 0 unspecified atom stereocenters. The molecule has 1 aromatic heterocycles. The van der Waals surface area contributed by atoms with Crippen molar-refractivity contribution in [2.75, 3.05) is 40.0 Å². The van der Waals surface area contributed by atoms with E-state index in [2.05, 4.69) is 11.1 Å². The number of hydroxylamine groups is 1. The average Bonchev–Trinajstić information content (AvgIpc) is 2.96. The zero-order chi connectivity index (χ0) is 27.0. The van der Waals surface area contributed by atoms with E-state index in [-0.39, 0.29) is 17.7 Å². The Hall–Kier alpha value is -3.31. The lowest BCUT2D eigenvalue weighted by molar-refractivity contribution is -0.133. The Morgan fingerprint density at radius 2 is 1.82 bits per heavy atom. The Morgan fingerprint density at radius 1 is 1.05 bits per heavy atom. The Balaban J connectivity index is 1.40. The maximum Gasteiger partial charge on any atom is 0.265 e. The summed E-state index contributed by atoms with van der Waals surface area (Å²) in [7, 11) is -2.48. The van der Waals surface area contributed by atoms with Gasteiger partial charge >= 0.3 is 0 Å². The van der Waals surface area contributed by atoms with Crippen LogP contribution >= 0.6 is 0 Å². The summed E-state index contributed by atoms with van der Waals surface area (Å²) in [5, 5.41) is 9.37. The molecule has 9 nitrogen and oxygen atoms in total. The molecule has 2 N–H and O–H groups in total. The van der Waals surface area contributed by atoms with E-state index in [4.69, 9.17) is 9.47 Å². The highest BCUT2D eigenvalue weighted by molar-refractivity contribution is 7.93. The van der Waals surface area contributed by atoms with Gasteiger partial charge in [0.2, 0.25) is 0 Å².